The highest BCUT2D eigenvalue weighted by Crippen LogP contribution is 2.24. The van der Waals surface area contributed by atoms with Crippen LogP contribution in [0.1, 0.15) is 10.4 Å². The number of carbonyl (C=O) groups is 1. The van der Waals surface area contributed by atoms with Crippen molar-refractivity contribution in [2.45, 2.75) is 0 Å². The summed E-state index contributed by atoms with van der Waals surface area (Å²) in [5.41, 5.74) is 2.16. The van der Waals surface area contributed by atoms with E-state index in [0.717, 1.165) is 12.1 Å². The molecule has 0 bridgehead atoms. The van der Waals surface area contributed by atoms with Crippen LogP contribution in [0, 0.1) is 17.5 Å². The Hall–Kier alpha value is -3.68. The number of amides is 1. The molecule has 0 unspecified atom stereocenters. The number of fused-ring (bicyclic) bond motifs is 1. The minimum Gasteiger partial charge on any atom is -0.322 e. The molecule has 0 aliphatic carbocycles. The smallest absolute Gasteiger partial charge is 0.255 e. The van der Waals surface area contributed by atoms with E-state index in [0.29, 0.717) is 22.6 Å². The summed E-state index contributed by atoms with van der Waals surface area (Å²) in [7, 11) is 1.81. The lowest BCUT2D eigenvalue weighted by molar-refractivity contribution is 0.102. The first-order valence-electron chi connectivity index (χ1n) is 8.28. The zero-order chi connectivity index (χ0) is 19.8. The van der Waals surface area contributed by atoms with Crippen LogP contribution in [0.4, 0.5) is 18.9 Å². The SMILES string of the molecule is Cn1c(-c2cccc(C(=O)Nc3cc(F)c(F)c(F)c3)c2)nc2cccnc21. The number of imidazole rings is 1. The summed E-state index contributed by atoms with van der Waals surface area (Å²) >= 11 is 0. The number of hydrogen-bond acceptors (Lipinski definition) is 3. The maximum atomic E-state index is 13.3. The summed E-state index contributed by atoms with van der Waals surface area (Å²) in [5.74, 6) is -4.32. The standard InChI is InChI=1S/C20H13F3N4O/c1-27-18(26-16-6-3-7-24-19(16)27)11-4-2-5-12(8-11)20(28)25-13-9-14(21)17(23)15(22)10-13/h2-10H,1H3,(H,25,28). The van der Waals surface area contributed by atoms with E-state index in [4.69, 9.17) is 0 Å². The van der Waals surface area contributed by atoms with Crippen molar-refractivity contribution in [1.82, 2.24) is 14.5 Å². The predicted molar refractivity (Wildman–Crippen MR) is 98.2 cm³/mol. The molecule has 0 saturated heterocycles. The van der Waals surface area contributed by atoms with E-state index < -0.39 is 23.4 Å². The van der Waals surface area contributed by atoms with Crippen molar-refractivity contribution in [1.29, 1.82) is 0 Å². The van der Waals surface area contributed by atoms with Gasteiger partial charge in [0, 0.05) is 42.2 Å². The number of anilines is 1. The second-order valence-corrected chi connectivity index (χ2v) is 6.13. The van der Waals surface area contributed by atoms with Gasteiger partial charge in [-0.25, -0.2) is 23.1 Å². The molecule has 0 fully saturated rings. The lowest BCUT2D eigenvalue weighted by atomic mass is 10.1. The molecule has 0 aliphatic heterocycles. The summed E-state index contributed by atoms with van der Waals surface area (Å²) < 4.78 is 41.5. The highest BCUT2D eigenvalue weighted by atomic mass is 19.2. The number of rotatable bonds is 3. The molecule has 0 atom stereocenters. The molecule has 2 aromatic carbocycles. The molecule has 1 amide bonds. The average molecular weight is 382 g/mol. The molecule has 2 heterocycles. The average Bonchev–Trinajstić information content (AvgIpc) is 3.03. The van der Waals surface area contributed by atoms with Crippen molar-refractivity contribution in [3.05, 3.63) is 77.7 Å². The van der Waals surface area contributed by atoms with Gasteiger partial charge in [-0.3, -0.25) is 4.79 Å². The predicted octanol–water partition coefficient (Wildman–Crippen LogP) is 4.30. The van der Waals surface area contributed by atoms with Crippen LogP contribution in [0.2, 0.25) is 0 Å². The first-order valence-corrected chi connectivity index (χ1v) is 8.28. The summed E-state index contributed by atoms with van der Waals surface area (Å²) in [4.78, 5) is 21.3. The van der Waals surface area contributed by atoms with E-state index in [-0.39, 0.29) is 11.3 Å². The first kappa shape index (κ1) is 17.7. The topological polar surface area (TPSA) is 59.8 Å². The van der Waals surface area contributed by atoms with Crippen LogP contribution in [0.5, 0.6) is 0 Å². The second-order valence-electron chi connectivity index (χ2n) is 6.13. The number of carbonyl (C=O) groups excluding carboxylic acids is 1. The maximum Gasteiger partial charge on any atom is 0.255 e. The third-order valence-corrected chi connectivity index (χ3v) is 4.25. The normalized spacial score (nSPS) is 11.0. The quantitative estimate of drug-likeness (QED) is 0.538. The summed E-state index contributed by atoms with van der Waals surface area (Å²) in [5, 5.41) is 2.36. The number of nitrogens with zero attached hydrogens (tertiary/aromatic N) is 3. The summed E-state index contributed by atoms with van der Waals surface area (Å²) in [6, 6.07) is 11.7. The van der Waals surface area contributed by atoms with Crippen molar-refractivity contribution < 1.29 is 18.0 Å². The minimum absolute atomic E-state index is 0.182. The van der Waals surface area contributed by atoms with Gasteiger partial charge in [0.1, 0.15) is 11.3 Å². The van der Waals surface area contributed by atoms with Crippen LogP contribution in [0.3, 0.4) is 0 Å². The van der Waals surface area contributed by atoms with Crippen LogP contribution >= 0.6 is 0 Å². The zero-order valence-corrected chi connectivity index (χ0v) is 14.6. The highest BCUT2D eigenvalue weighted by Gasteiger charge is 2.15. The molecule has 8 heteroatoms. The van der Waals surface area contributed by atoms with E-state index in [1.807, 2.05) is 13.1 Å². The fourth-order valence-electron chi connectivity index (χ4n) is 2.91. The molecular formula is C20H13F3N4O. The Balaban J connectivity index is 1.66. The third kappa shape index (κ3) is 3.09. The molecule has 2 aromatic heterocycles. The molecule has 28 heavy (non-hydrogen) atoms. The Morgan fingerprint density at radius 2 is 1.79 bits per heavy atom. The van der Waals surface area contributed by atoms with Crippen molar-refractivity contribution in [3.8, 4) is 11.4 Å². The number of halogens is 3. The molecule has 0 spiro atoms. The molecule has 4 aromatic rings. The highest BCUT2D eigenvalue weighted by molar-refractivity contribution is 6.05. The Labute approximate surface area is 157 Å². The number of aryl methyl sites for hydroxylation is 1. The Kier molecular flexibility index (Phi) is 4.31. The molecule has 0 radical (unpaired) electrons. The molecule has 1 N–H and O–H groups in total. The number of pyridine rings is 1. The number of aromatic nitrogens is 3. The number of benzene rings is 2. The molecule has 140 valence electrons. The van der Waals surface area contributed by atoms with Crippen LogP contribution in [-0.2, 0) is 7.05 Å². The van der Waals surface area contributed by atoms with E-state index >= 15 is 0 Å². The van der Waals surface area contributed by atoms with Gasteiger partial charge < -0.3 is 9.88 Å². The third-order valence-electron chi connectivity index (χ3n) is 4.25. The Morgan fingerprint density at radius 1 is 1.04 bits per heavy atom. The van der Waals surface area contributed by atoms with Crippen molar-refractivity contribution in [2.75, 3.05) is 5.32 Å². The molecule has 5 nitrogen and oxygen atoms in total. The van der Waals surface area contributed by atoms with Crippen molar-refractivity contribution in [2.24, 2.45) is 7.05 Å². The lowest BCUT2D eigenvalue weighted by Gasteiger charge is -2.08. The van der Waals surface area contributed by atoms with Gasteiger partial charge in [-0.1, -0.05) is 12.1 Å². The molecule has 0 saturated carbocycles. The van der Waals surface area contributed by atoms with Gasteiger partial charge in [0.2, 0.25) is 0 Å². The fraction of sp³-hybridized carbons (Fsp3) is 0.0500. The van der Waals surface area contributed by atoms with Gasteiger partial charge in [0.25, 0.3) is 5.91 Å². The minimum atomic E-state index is -1.59. The lowest BCUT2D eigenvalue weighted by Crippen LogP contribution is -2.13. The molecule has 0 aliphatic rings. The van der Waals surface area contributed by atoms with Gasteiger partial charge in [0.15, 0.2) is 23.1 Å². The Morgan fingerprint density at radius 3 is 2.50 bits per heavy atom. The largest absolute Gasteiger partial charge is 0.322 e. The van der Waals surface area contributed by atoms with Crippen LogP contribution in [-0.4, -0.2) is 20.4 Å². The van der Waals surface area contributed by atoms with Crippen LogP contribution in [0.15, 0.2) is 54.7 Å². The van der Waals surface area contributed by atoms with Gasteiger partial charge in [0.05, 0.1) is 0 Å². The maximum absolute atomic E-state index is 13.3. The first-order chi connectivity index (χ1) is 13.4. The molecular weight excluding hydrogens is 369 g/mol. The monoisotopic (exact) mass is 382 g/mol. The van der Waals surface area contributed by atoms with Crippen molar-refractivity contribution >= 4 is 22.8 Å². The second kappa shape index (κ2) is 6.80. The van der Waals surface area contributed by atoms with Gasteiger partial charge in [-0.15, -0.1) is 0 Å². The Bertz CT molecular complexity index is 1200. The van der Waals surface area contributed by atoms with Crippen LogP contribution in [0.25, 0.3) is 22.6 Å². The van der Waals surface area contributed by atoms with E-state index in [1.165, 1.54) is 0 Å². The van der Waals surface area contributed by atoms with Crippen LogP contribution < -0.4 is 5.32 Å². The van der Waals surface area contributed by atoms with Crippen molar-refractivity contribution in [3.63, 3.8) is 0 Å². The number of hydrogen-bond donors (Lipinski definition) is 1. The fourth-order valence-corrected chi connectivity index (χ4v) is 2.91. The van der Waals surface area contributed by atoms with E-state index in [9.17, 15) is 18.0 Å². The van der Waals surface area contributed by atoms with E-state index in [1.54, 1.807) is 41.1 Å². The summed E-state index contributed by atoms with van der Waals surface area (Å²) in [6.45, 7) is 0. The molecule has 4 rings (SSSR count). The zero-order valence-electron chi connectivity index (χ0n) is 14.6. The van der Waals surface area contributed by atoms with Gasteiger partial charge in [-0.2, -0.15) is 0 Å². The van der Waals surface area contributed by atoms with Gasteiger partial charge >= 0.3 is 0 Å². The van der Waals surface area contributed by atoms with Gasteiger partial charge in [-0.05, 0) is 24.3 Å². The number of nitrogens with one attached hydrogen (secondary N) is 1. The van der Waals surface area contributed by atoms with E-state index in [2.05, 4.69) is 15.3 Å². The summed E-state index contributed by atoms with van der Waals surface area (Å²) in [6.07, 6.45) is 1.67.